The summed E-state index contributed by atoms with van der Waals surface area (Å²) in [5, 5.41) is 14.1. The van der Waals surface area contributed by atoms with Gasteiger partial charge in [0.15, 0.2) is 0 Å². The van der Waals surface area contributed by atoms with Crippen molar-refractivity contribution in [2.75, 3.05) is 19.8 Å². The second-order valence-electron chi connectivity index (χ2n) is 8.07. The molecule has 0 saturated heterocycles. The van der Waals surface area contributed by atoms with Gasteiger partial charge in [-0.3, -0.25) is 4.79 Å². The lowest BCUT2D eigenvalue weighted by atomic mass is 9.99. The summed E-state index contributed by atoms with van der Waals surface area (Å²) in [6.45, 7) is 0.926. The fourth-order valence-electron chi connectivity index (χ4n) is 4.10. The van der Waals surface area contributed by atoms with Gasteiger partial charge in [0.2, 0.25) is 0 Å². The van der Waals surface area contributed by atoms with Crippen LogP contribution in [0.4, 0.5) is 0 Å². The number of aliphatic hydroxyl groups is 1. The van der Waals surface area contributed by atoms with E-state index in [1.807, 2.05) is 36.5 Å². The first kappa shape index (κ1) is 21.9. The zero-order valence-corrected chi connectivity index (χ0v) is 18.1. The molecule has 6 heteroatoms. The van der Waals surface area contributed by atoms with Gasteiger partial charge < -0.3 is 25.9 Å². The Morgan fingerprint density at radius 1 is 1.28 bits per heavy atom. The van der Waals surface area contributed by atoms with Crippen molar-refractivity contribution in [3.8, 4) is 17.6 Å². The van der Waals surface area contributed by atoms with Crippen molar-refractivity contribution in [2.45, 2.75) is 38.1 Å². The molecule has 166 valence electrons. The molecule has 1 aromatic heterocycles. The van der Waals surface area contributed by atoms with E-state index in [0.29, 0.717) is 37.3 Å². The SMILES string of the molecule is NCCC#Cc1cc2c(c(C(=O)N[C@@H](CO)Cc3c[nH]c4ccccc34)c1)OCCCC2. The van der Waals surface area contributed by atoms with Crippen molar-refractivity contribution in [2.24, 2.45) is 5.73 Å². The van der Waals surface area contributed by atoms with Crippen LogP contribution in [0, 0.1) is 11.8 Å². The molecule has 0 aliphatic carbocycles. The predicted molar refractivity (Wildman–Crippen MR) is 126 cm³/mol. The molecule has 0 radical (unpaired) electrons. The molecule has 1 aliphatic heterocycles. The van der Waals surface area contributed by atoms with Crippen LogP contribution in [0.15, 0.2) is 42.6 Å². The lowest BCUT2D eigenvalue weighted by molar-refractivity contribution is 0.0912. The van der Waals surface area contributed by atoms with Gasteiger partial charge in [-0.2, -0.15) is 0 Å². The Hall–Kier alpha value is -3.27. The van der Waals surface area contributed by atoms with E-state index in [2.05, 4.69) is 22.1 Å². The fraction of sp³-hybridized carbons (Fsp3) is 0.346. The van der Waals surface area contributed by atoms with Gasteiger partial charge >= 0.3 is 0 Å². The minimum atomic E-state index is -0.421. The average Bonchev–Trinajstić information content (AvgIpc) is 3.06. The van der Waals surface area contributed by atoms with E-state index in [4.69, 9.17) is 10.5 Å². The highest BCUT2D eigenvalue weighted by Gasteiger charge is 2.22. The van der Waals surface area contributed by atoms with Crippen LogP contribution in [0.2, 0.25) is 0 Å². The molecule has 0 fully saturated rings. The summed E-state index contributed by atoms with van der Waals surface area (Å²) in [4.78, 5) is 16.5. The zero-order valence-electron chi connectivity index (χ0n) is 18.1. The number of benzene rings is 2. The van der Waals surface area contributed by atoms with Crippen molar-refractivity contribution in [3.05, 3.63) is 64.8 Å². The number of carbonyl (C=O) groups is 1. The van der Waals surface area contributed by atoms with Crippen molar-refractivity contribution < 1.29 is 14.6 Å². The second-order valence-corrected chi connectivity index (χ2v) is 8.07. The first-order valence-corrected chi connectivity index (χ1v) is 11.1. The molecule has 1 atom stereocenters. The Morgan fingerprint density at radius 3 is 3.00 bits per heavy atom. The number of aryl methyl sites for hydroxylation is 1. The standard InChI is InChI=1S/C26H29N3O3/c27-11-5-3-7-18-13-19-8-4-6-12-32-25(19)23(14-18)26(31)29-21(17-30)15-20-16-28-24-10-2-1-9-22(20)24/h1-2,9-10,13-14,16,21,28,30H,4-6,8,11-12,15,17,27H2,(H,29,31)/t21-/m1/s1. The van der Waals surface area contributed by atoms with Gasteiger partial charge in [0, 0.05) is 35.6 Å². The number of H-pyrrole nitrogens is 1. The van der Waals surface area contributed by atoms with E-state index in [1.165, 1.54) is 0 Å². The molecule has 0 bridgehead atoms. The summed E-state index contributed by atoms with van der Waals surface area (Å²) in [5.74, 6) is 6.54. The number of para-hydroxylation sites is 1. The van der Waals surface area contributed by atoms with E-state index in [1.54, 1.807) is 6.07 Å². The molecule has 4 rings (SSSR count). The van der Waals surface area contributed by atoms with Gasteiger partial charge in [0.1, 0.15) is 5.75 Å². The van der Waals surface area contributed by atoms with E-state index >= 15 is 0 Å². The van der Waals surface area contributed by atoms with Gasteiger partial charge in [-0.05, 0) is 55.0 Å². The largest absolute Gasteiger partial charge is 0.492 e. The molecule has 1 amide bonds. The number of hydrogen-bond donors (Lipinski definition) is 4. The number of rotatable bonds is 6. The van der Waals surface area contributed by atoms with E-state index in [0.717, 1.165) is 46.9 Å². The Morgan fingerprint density at radius 2 is 2.16 bits per heavy atom. The molecule has 0 unspecified atom stereocenters. The molecule has 0 saturated carbocycles. The van der Waals surface area contributed by atoms with E-state index in [-0.39, 0.29) is 12.5 Å². The molecule has 3 aromatic rings. The van der Waals surface area contributed by atoms with Crippen LogP contribution in [-0.2, 0) is 12.8 Å². The summed E-state index contributed by atoms with van der Waals surface area (Å²) >= 11 is 0. The van der Waals surface area contributed by atoms with Crippen LogP contribution in [-0.4, -0.2) is 41.8 Å². The van der Waals surface area contributed by atoms with E-state index in [9.17, 15) is 9.90 Å². The van der Waals surface area contributed by atoms with Crippen molar-refractivity contribution >= 4 is 16.8 Å². The first-order chi connectivity index (χ1) is 15.7. The minimum absolute atomic E-state index is 0.162. The van der Waals surface area contributed by atoms with Gasteiger partial charge in [-0.1, -0.05) is 30.0 Å². The third kappa shape index (κ3) is 4.96. The van der Waals surface area contributed by atoms with Crippen LogP contribution in [0.5, 0.6) is 5.75 Å². The highest BCUT2D eigenvalue weighted by Crippen LogP contribution is 2.30. The molecular weight excluding hydrogens is 402 g/mol. The van der Waals surface area contributed by atoms with Gasteiger partial charge in [-0.15, -0.1) is 0 Å². The normalized spacial score (nSPS) is 13.9. The minimum Gasteiger partial charge on any atom is -0.492 e. The lowest BCUT2D eigenvalue weighted by Gasteiger charge is -2.19. The quantitative estimate of drug-likeness (QED) is 0.451. The maximum atomic E-state index is 13.3. The molecule has 32 heavy (non-hydrogen) atoms. The number of hydrogen-bond acceptors (Lipinski definition) is 4. The number of carbonyl (C=O) groups excluding carboxylic acids is 1. The van der Waals surface area contributed by atoms with E-state index < -0.39 is 6.04 Å². The summed E-state index contributed by atoms with van der Waals surface area (Å²) in [6.07, 6.45) is 5.86. The number of nitrogens with one attached hydrogen (secondary N) is 2. The van der Waals surface area contributed by atoms with Crippen LogP contribution in [0.3, 0.4) is 0 Å². The number of aromatic nitrogens is 1. The first-order valence-electron chi connectivity index (χ1n) is 11.1. The molecule has 6 nitrogen and oxygen atoms in total. The highest BCUT2D eigenvalue weighted by atomic mass is 16.5. The number of nitrogens with two attached hydrogens (primary N) is 1. The summed E-state index contributed by atoms with van der Waals surface area (Å²) in [5.41, 5.74) is 9.90. The lowest BCUT2D eigenvalue weighted by Crippen LogP contribution is -2.39. The molecular formula is C26H29N3O3. The zero-order chi connectivity index (χ0) is 22.3. The number of amides is 1. The molecule has 1 aliphatic rings. The maximum Gasteiger partial charge on any atom is 0.255 e. The Labute approximate surface area is 188 Å². The highest BCUT2D eigenvalue weighted by molar-refractivity contribution is 5.98. The van der Waals surface area contributed by atoms with Gasteiger partial charge in [0.25, 0.3) is 5.91 Å². The third-order valence-corrected chi connectivity index (χ3v) is 5.70. The number of aromatic amines is 1. The molecule has 0 spiro atoms. The number of aliphatic hydroxyl groups excluding tert-OH is 1. The monoisotopic (exact) mass is 431 g/mol. The summed E-state index contributed by atoms with van der Waals surface area (Å²) < 4.78 is 5.96. The van der Waals surface area contributed by atoms with Crippen LogP contribution in [0.1, 0.15) is 46.3 Å². The Kier molecular flexibility index (Phi) is 7.10. The average molecular weight is 432 g/mol. The maximum absolute atomic E-state index is 13.3. The van der Waals surface area contributed by atoms with Gasteiger partial charge in [0.05, 0.1) is 24.8 Å². The van der Waals surface area contributed by atoms with Crippen LogP contribution < -0.4 is 15.8 Å². The van der Waals surface area contributed by atoms with Crippen LogP contribution >= 0.6 is 0 Å². The summed E-state index contributed by atoms with van der Waals surface area (Å²) in [6, 6.07) is 11.4. The second kappa shape index (κ2) is 10.4. The third-order valence-electron chi connectivity index (χ3n) is 5.70. The predicted octanol–water partition coefficient (Wildman–Crippen LogP) is 2.92. The Bertz CT molecular complexity index is 1160. The molecule has 5 N–H and O–H groups in total. The topological polar surface area (TPSA) is 100 Å². The van der Waals surface area contributed by atoms with Crippen molar-refractivity contribution in [1.82, 2.24) is 10.3 Å². The molecule has 2 aromatic carbocycles. The number of ether oxygens (including phenoxy) is 1. The smallest absolute Gasteiger partial charge is 0.255 e. The fourth-order valence-corrected chi connectivity index (χ4v) is 4.10. The van der Waals surface area contributed by atoms with Crippen molar-refractivity contribution in [1.29, 1.82) is 0 Å². The summed E-state index contributed by atoms with van der Waals surface area (Å²) in [7, 11) is 0. The number of fused-ring (bicyclic) bond motifs is 2. The Balaban J connectivity index is 1.59. The van der Waals surface area contributed by atoms with Crippen molar-refractivity contribution in [3.63, 3.8) is 0 Å². The van der Waals surface area contributed by atoms with Crippen LogP contribution in [0.25, 0.3) is 10.9 Å². The molecule has 2 heterocycles. The van der Waals surface area contributed by atoms with Gasteiger partial charge in [-0.25, -0.2) is 0 Å².